The van der Waals surface area contributed by atoms with Gasteiger partial charge in [0.15, 0.2) is 0 Å². The largest absolute Gasteiger partial charge is 0.394 e. The van der Waals surface area contributed by atoms with Crippen molar-refractivity contribution < 1.29 is 14.6 Å². The van der Waals surface area contributed by atoms with Crippen molar-refractivity contribution >= 4 is 0 Å². The summed E-state index contributed by atoms with van der Waals surface area (Å²) in [5.41, 5.74) is 1.88. The molecule has 1 aliphatic heterocycles. The van der Waals surface area contributed by atoms with E-state index in [0.29, 0.717) is 6.61 Å². The quantitative estimate of drug-likeness (QED) is 0.915. The molecule has 2 aromatic carbocycles. The van der Waals surface area contributed by atoms with Crippen LogP contribution in [0.4, 0.5) is 0 Å². The van der Waals surface area contributed by atoms with Gasteiger partial charge in [0.1, 0.15) is 6.10 Å². The van der Waals surface area contributed by atoms with Gasteiger partial charge >= 0.3 is 0 Å². The van der Waals surface area contributed by atoms with Gasteiger partial charge in [-0.2, -0.15) is 0 Å². The molecule has 1 fully saturated rings. The van der Waals surface area contributed by atoms with Crippen LogP contribution < -0.4 is 0 Å². The molecule has 0 aromatic heterocycles. The van der Waals surface area contributed by atoms with Crippen LogP contribution in [0, 0.1) is 0 Å². The molecule has 0 bridgehead atoms. The highest BCUT2D eigenvalue weighted by Gasteiger charge is 2.44. The van der Waals surface area contributed by atoms with E-state index < -0.39 is 5.79 Å². The Morgan fingerprint density at radius 3 is 1.89 bits per heavy atom. The van der Waals surface area contributed by atoms with Crippen molar-refractivity contribution in [3.05, 3.63) is 71.8 Å². The van der Waals surface area contributed by atoms with Crippen LogP contribution >= 0.6 is 0 Å². The third-order valence-corrected chi connectivity index (χ3v) is 3.32. The summed E-state index contributed by atoms with van der Waals surface area (Å²) in [5.74, 6) is -0.907. The summed E-state index contributed by atoms with van der Waals surface area (Å²) in [7, 11) is 0. The fraction of sp³-hybridized carbons (Fsp3) is 0.250. The molecule has 1 heterocycles. The Hall–Kier alpha value is -1.68. The number of hydrogen-bond acceptors (Lipinski definition) is 3. The van der Waals surface area contributed by atoms with Crippen LogP contribution in [0.2, 0.25) is 0 Å². The van der Waals surface area contributed by atoms with Gasteiger partial charge in [0, 0.05) is 11.1 Å². The SMILES string of the molecule is OC[C@@H]1COC(c2ccccc2)(c2ccccc2)O1. The van der Waals surface area contributed by atoms with Crippen molar-refractivity contribution in [1.29, 1.82) is 0 Å². The predicted octanol–water partition coefficient (Wildman–Crippen LogP) is 2.30. The lowest BCUT2D eigenvalue weighted by Crippen LogP contribution is -2.30. The van der Waals surface area contributed by atoms with E-state index in [1.165, 1.54) is 0 Å². The Morgan fingerprint density at radius 1 is 0.947 bits per heavy atom. The van der Waals surface area contributed by atoms with E-state index in [4.69, 9.17) is 9.47 Å². The van der Waals surface area contributed by atoms with Crippen LogP contribution in [0.15, 0.2) is 60.7 Å². The third kappa shape index (κ3) is 2.16. The average Bonchev–Trinajstić information content (AvgIpc) is 2.95. The second-order valence-electron chi connectivity index (χ2n) is 4.58. The number of benzene rings is 2. The summed E-state index contributed by atoms with van der Waals surface area (Å²) >= 11 is 0. The highest BCUT2D eigenvalue weighted by atomic mass is 16.7. The highest BCUT2D eigenvalue weighted by molar-refractivity contribution is 5.34. The first-order valence-corrected chi connectivity index (χ1v) is 6.39. The van der Waals surface area contributed by atoms with Gasteiger partial charge in [-0.1, -0.05) is 60.7 Å². The molecule has 98 valence electrons. The second kappa shape index (κ2) is 5.13. The van der Waals surface area contributed by atoms with Crippen LogP contribution in [0.5, 0.6) is 0 Å². The fourth-order valence-corrected chi connectivity index (χ4v) is 2.39. The molecular formula is C16H16O3. The number of aliphatic hydroxyl groups excluding tert-OH is 1. The number of aliphatic hydroxyl groups is 1. The lowest BCUT2D eigenvalue weighted by Gasteiger charge is -2.29. The first kappa shape index (κ1) is 12.4. The van der Waals surface area contributed by atoms with Crippen molar-refractivity contribution in [3.63, 3.8) is 0 Å². The summed E-state index contributed by atoms with van der Waals surface area (Å²) in [6.07, 6.45) is -0.291. The van der Waals surface area contributed by atoms with E-state index in [9.17, 15) is 5.11 Å². The summed E-state index contributed by atoms with van der Waals surface area (Å²) in [5, 5.41) is 9.29. The highest BCUT2D eigenvalue weighted by Crippen LogP contribution is 2.40. The number of rotatable bonds is 3. The Labute approximate surface area is 112 Å². The smallest absolute Gasteiger partial charge is 0.222 e. The first-order valence-electron chi connectivity index (χ1n) is 6.39. The fourth-order valence-electron chi connectivity index (χ4n) is 2.39. The van der Waals surface area contributed by atoms with E-state index >= 15 is 0 Å². The number of ether oxygens (including phenoxy) is 2. The Kier molecular flexibility index (Phi) is 3.34. The van der Waals surface area contributed by atoms with Crippen LogP contribution in [0.1, 0.15) is 11.1 Å². The standard InChI is InChI=1S/C16H16O3/c17-11-15-12-18-16(19-15,13-7-3-1-4-8-13)14-9-5-2-6-10-14/h1-10,15,17H,11-12H2/t15-/m1/s1. The molecule has 0 saturated carbocycles. The van der Waals surface area contributed by atoms with Crippen LogP contribution in [-0.2, 0) is 15.3 Å². The van der Waals surface area contributed by atoms with Gasteiger partial charge in [-0.05, 0) is 0 Å². The van der Waals surface area contributed by atoms with Gasteiger partial charge in [0.2, 0.25) is 5.79 Å². The molecular weight excluding hydrogens is 240 g/mol. The van der Waals surface area contributed by atoms with Crippen molar-refractivity contribution in [2.24, 2.45) is 0 Å². The first-order chi connectivity index (χ1) is 9.35. The van der Waals surface area contributed by atoms with E-state index in [1.54, 1.807) is 0 Å². The molecule has 1 N–H and O–H groups in total. The normalized spacial score (nSPS) is 21.4. The van der Waals surface area contributed by atoms with Crippen molar-refractivity contribution in [3.8, 4) is 0 Å². The zero-order valence-corrected chi connectivity index (χ0v) is 10.5. The van der Waals surface area contributed by atoms with Crippen molar-refractivity contribution in [2.45, 2.75) is 11.9 Å². The van der Waals surface area contributed by atoms with Gasteiger partial charge < -0.3 is 14.6 Å². The predicted molar refractivity (Wildman–Crippen MR) is 71.6 cm³/mol. The van der Waals surface area contributed by atoms with Crippen molar-refractivity contribution in [1.82, 2.24) is 0 Å². The van der Waals surface area contributed by atoms with Crippen LogP contribution in [0.25, 0.3) is 0 Å². The Morgan fingerprint density at radius 2 is 1.47 bits per heavy atom. The summed E-state index contributed by atoms with van der Waals surface area (Å²) in [6, 6.07) is 19.7. The van der Waals surface area contributed by atoms with Gasteiger partial charge in [0.05, 0.1) is 13.2 Å². The summed E-state index contributed by atoms with van der Waals surface area (Å²) in [6.45, 7) is 0.349. The molecule has 3 nitrogen and oxygen atoms in total. The maximum absolute atomic E-state index is 9.29. The molecule has 2 aromatic rings. The summed E-state index contributed by atoms with van der Waals surface area (Å²) in [4.78, 5) is 0. The zero-order chi connectivity index (χ0) is 13.1. The molecule has 0 aliphatic carbocycles. The van der Waals surface area contributed by atoms with Crippen molar-refractivity contribution in [2.75, 3.05) is 13.2 Å². The lowest BCUT2D eigenvalue weighted by molar-refractivity contribution is -0.146. The molecule has 3 heteroatoms. The van der Waals surface area contributed by atoms with E-state index in [2.05, 4.69) is 0 Å². The monoisotopic (exact) mass is 256 g/mol. The maximum atomic E-state index is 9.29. The van der Waals surface area contributed by atoms with Crippen LogP contribution in [0.3, 0.4) is 0 Å². The Balaban J connectivity index is 2.07. The van der Waals surface area contributed by atoms with E-state index in [-0.39, 0.29) is 12.7 Å². The zero-order valence-electron chi connectivity index (χ0n) is 10.5. The lowest BCUT2D eigenvalue weighted by atomic mass is 9.97. The molecule has 1 atom stereocenters. The van der Waals surface area contributed by atoms with E-state index in [1.807, 2.05) is 60.7 Å². The molecule has 1 aliphatic rings. The molecule has 1 saturated heterocycles. The maximum Gasteiger partial charge on any atom is 0.222 e. The molecule has 3 rings (SSSR count). The van der Waals surface area contributed by atoms with Gasteiger partial charge in [-0.3, -0.25) is 0 Å². The molecule has 0 radical (unpaired) electrons. The minimum atomic E-state index is -0.907. The number of hydrogen-bond donors (Lipinski definition) is 1. The van der Waals surface area contributed by atoms with Crippen LogP contribution in [-0.4, -0.2) is 24.4 Å². The summed E-state index contributed by atoms with van der Waals surface area (Å²) < 4.78 is 11.9. The van der Waals surface area contributed by atoms with Gasteiger partial charge in [0.25, 0.3) is 0 Å². The molecule has 0 unspecified atom stereocenters. The van der Waals surface area contributed by atoms with Gasteiger partial charge in [-0.25, -0.2) is 0 Å². The Bertz CT molecular complexity index is 485. The molecule has 0 amide bonds. The van der Waals surface area contributed by atoms with E-state index in [0.717, 1.165) is 11.1 Å². The minimum absolute atomic E-state index is 0.0403. The minimum Gasteiger partial charge on any atom is -0.394 e. The average molecular weight is 256 g/mol. The topological polar surface area (TPSA) is 38.7 Å². The molecule has 0 spiro atoms. The van der Waals surface area contributed by atoms with Gasteiger partial charge in [-0.15, -0.1) is 0 Å². The second-order valence-corrected chi connectivity index (χ2v) is 4.58. The third-order valence-electron chi connectivity index (χ3n) is 3.32. The molecule has 19 heavy (non-hydrogen) atoms.